The van der Waals surface area contributed by atoms with Crippen molar-refractivity contribution in [1.82, 2.24) is 14.8 Å². The molecule has 1 saturated heterocycles. The van der Waals surface area contributed by atoms with E-state index < -0.39 is 0 Å². The number of carbonyl (C=O) groups is 2. The van der Waals surface area contributed by atoms with Crippen LogP contribution in [0.2, 0.25) is 0 Å². The van der Waals surface area contributed by atoms with E-state index in [1.807, 2.05) is 11.0 Å². The van der Waals surface area contributed by atoms with Gasteiger partial charge < -0.3 is 4.90 Å². The summed E-state index contributed by atoms with van der Waals surface area (Å²) in [5.74, 6) is -0.552. The molecule has 0 spiro atoms. The van der Waals surface area contributed by atoms with Crippen molar-refractivity contribution in [3.63, 3.8) is 0 Å². The normalized spacial score (nSPS) is 20.3. The number of pyridine rings is 1. The molecule has 1 unspecified atom stereocenters. The molecule has 2 amide bonds. The van der Waals surface area contributed by atoms with Crippen LogP contribution in [0.15, 0.2) is 54.5 Å². The van der Waals surface area contributed by atoms with Gasteiger partial charge in [0.2, 0.25) is 0 Å². The number of imide groups is 1. The average Bonchev–Trinajstić information content (AvgIpc) is 2.94. The van der Waals surface area contributed by atoms with Gasteiger partial charge in [0.25, 0.3) is 11.8 Å². The van der Waals surface area contributed by atoms with E-state index in [1.165, 1.54) is 17.0 Å². The van der Waals surface area contributed by atoms with Crippen molar-refractivity contribution >= 4 is 17.4 Å². The predicted octanol–water partition coefficient (Wildman–Crippen LogP) is 3.23. The molecule has 0 bridgehead atoms. The number of hydrogen-bond acceptors (Lipinski definition) is 4. The Hall–Kier alpha value is -3.02. The van der Waals surface area contributed by atoms with Crippen molar-refractivity contribution < 1.29 is 14.0 Å². The smallest absolute Gasteiger partial charge is 0.278 e. The van der Waals surface area contributed by atoms with E-state index in [0.717, 1.165) is 31.5 Å². The summed E-state index contributed by atoms with van der Waals surface area (Å²) < 4.78 is 13.4. The Morgan fingerprint density at radius 3 is 2.61 bits per heavy atom. The summed E-state index contributed by atoms with van der Waals surface area (Å²) in [4.78, 5) is 33.9. The third-order valence-corrected chi connectivity index (χ3v) is 5.31. The molecular formula is C22H22FN3O2. The zero-order chi connectivity index (χ0) is 19.7. The van der Waals surface area contributed by atoms with Crippen molar-refractivity contribution in [3.8, 4) is 0 Å². The van der Waals surface area contributed by atoms with Crippen molar-refractivity contribution in [2.24, 2.45) is 5.92 Å². The minimum Gasteiger partial charge on any atom is -0.366 e. The molecule has 2 aliphatic heterocycles. The Bertz CT molecular complexity index is 925. The molecule has 0 N–H and O–H groups in total. The topological polar surface area (TPSA) is 53.5 Å². The number of benzene rings is 1. The number of halogens is 1. The highest BCUT2D eigenvalue weighted by atomic mass is 19.1. The second-order valence-electron chi connectivity index (χ2n) is 7.48. The Morgan fingerprint density at radius 2 is 1.93 bits per heavy atom. The third-order valence-electron chi connectivity index (χ3n) is 5.31. The number of carbonyl (C=O) groups excluding carboxylic acids is 2. The summed E-state index contributed by atoms with van der Waals surface area (Å²) >= 11 is 0. The maximum absolute atomic E-state index is 13.4. The SMILES string of the molecule is CC1CCCN(C2=C(c3ccc(F)cc3)C(=O)N(Cc3cccnc3)C2=O)C1. The molecule has 6 heteroatoms. The standard InChI is InChI=1S/C22H22FN3O2/c1-15-4-3-11-25(13-15)20-19(17-6-8-18(23)9-7-17)21(27)26(22(20)28)14-16-5-2-10-24-12-16/h2,5-10,12,15H,3-4,11,13-14H2,1H3. The summed E-state index contributed by atoms with van der Waals surface area (Å²) in [6.45, 7) is 3.80. The number of nitrogens with zero attached hydrogens (tertiary/aromatic N) is 3. The number of hydrogen-bond donors (Lipinski definition) is 0. The highest BCUT2D eigenvalue weighted by Crippen LogP contribution is 2.34. The molecule has 0 saturated carbocycles. The van der Waals surface area contributed by atoms with Crippen LogP contribution in [0.5, 0.6) is 0 Å². The van der Waals surface area contributed by atoms with E-state index >= 15 is 0 Å². The lowest BCUT2D eigenvalue weighted by Crippen LogP contribution is -2.39. The summed E-state index contributed by atoms with van der Waals surface area (Å²) in [5, 5.41) is 0. The minimum absolute atomic E-state index is 0.170. The molecule has 3 heterocycles. The molecule has 144 valence electrons. The highest BCUT2D eigenvalue weighted by molar-refractivity contribution is 6.35. The van der Waals surface area contributed by atoms with Gasteiger partial charge in [0.1, 0.15) is 11.5 Å². The molecule has 2 aliphatic rings. The number of rotatable bonds is 4. The van der Waals surface area contributed by atoms with Gasteiger partial charge in [-0.15, -0.1) is 0 Å². The minimum atomic E-state index is -0.374. The van der Waals surface area contributed by atoms with Gasteiger partial charge in [0.15, 0.2) is 0 Å². The lowest BCUT2D eigenvalue weighted by molar-refractivity contribution is -0.138. The van der Waals surface area contributed by atoms with Crippen LogP contribution < -0.4 is 0 Å². The molecule has 0 aliphatic carbocycles. The molecule has 5 nitrogen and oxygen atoms in total. The van der Waals surface area contributed by atoms with E-state index in [1.54, 1.807) is 30.6 Å². The summed E-state index contributed by atoms with van der Waals surface area (Å²) in [6.07, 6.45) is 5.39. The van der Waals surface area contributed by atoms with Crippen LogP contribution >= 0.6 is 0 Å². The Labute approximate surface area is 163 Å². The Balaban J connectivity index is 1.74. The van der Waals surface area contributed by atoms with Gasteiger partial charge in [0, 0.05) is 25.5 Å². The van der Waals surface area contributed by atoms with Gasteiger partial charge in [-0.05, 0) is 48.1 Å². The first kappa shape index (κ1) is 18.3. The molecular weight excluding hydrogens is 357 g/mol. The first-order chi connectivity index (χ1) is 13.5. The molecule has 1 aromatic heterocycles. The molecule has 2 aromatic rings. The van der Waals surface area contributed by atoms with Crippen molar-refractivity contribution in [3.05, 3.63) is 71.4 Å². The van der Waals surface area contributed by atoms with Gasteiger partial charge in [-0.2, -0.15) is 0 Å². The zero-order valence-electron chi connectivity index (χ0n) is 15.8. The van der Waals surface area contributed by atoms with Crippen molar-refractivity contribution in [1.29, 1.82) is 0 Å². The van der Waals surface area contributed by atoms with Crippen molar-refractivity contribution in [2.45, 2.75) is 26.3 Å². The summed E-state index contributed by atoms with van der Waals surface area (Å²) in [5.41, 5.74) is 2.16. The monoisotopic (exact) mass is 379 g/mol. The Morgan fingerprint density at radius 1 is 1.14 bits per heavy atom. The first-order valence-electron chi connectivity index (χ1n) is 9.55. The van der Waals surface area contributed by atoms with E-state index in [4.69, 9.17) is 0 Å². The van der Waals surface area contributed by atoms with Crippen LogP contribution in [0, 0.1) is 11.7 Å². The van der Waals surface area contributed by atoms with E-state index in [0.29, 0.717) is 22.8 Å². The second kappa shape index (κ2) is 7.54. The molecule has 1 aromatic carbocycles. The lowest BCUT2D eigenvalue weighted by atomic mass is 9.98. The quantitative estimate of drug-likeness (QED) is 0.766. The lowest BCUT2D eigenvalue weighted by Gasteiger charge is -2.33. The molecule has 1 atom stereocenters. The molecule has 4 rings (SSSR count). The van der Waals surface area contributed by atoms with Gasteiger partial charge >= 0.3 is 0 Å². The fraction of sp³-hybridized carbons (Fsp3) is 0.318. The van der Waals surface area contributed by atoms with Crippen LogP contribution in [0.25, 0.3) is 5.57 Å². The van der Waals surface area contributed by atoms with E-state index in [9.17, 15) is 14.0 Å². The number of piperidine rings is 1. The predicted molar refractivity (Wildman–Crippen MR) is 103 cm³/mol. The molecule has 28 heavy (non-hydrogen) atoms. The first-order valence-corrected chi connectivity index (χ1v) is 9.55. The third kappa shape index (κ3) is 3.42. The number of likely N-dealkylation sites (tertiary alicyclic amines) is 1. The zero-order valence-corrected chi connectivity index (χ0v) is 15.8. The van der Waals surface area contributed by atoms with E-state index in [2.05, 4.69) is 11.9 Å². The van der Waals surface area contributed by atoms with Crippen LogP contribution in [-0.2, 0) is 16.1 Å². The second-order valence-corrected chi connectivity index (χ2v) is 7.48. The summed E-state index contributed by atoms with van der Waals surface area (Å²) in [6, 6.07) is 9.39. The van der Waals surface area contributed by atoms with Gasteiger partial charge in [0.05, 0.1) is 12.1 Å². The van der Waals surface area contributed by atoms with E-state index in [-0.39, 0.29) is 24.2 Å². The highest BCUT2D eigenvalue weighted by Gasteiger charge is 2.42. The van der Waals surface area contributed by atoms with Crippen LogP contribution in [0.4, 0.5) is 4.39 Å². The number of amides is 2. The van der Waals surface area contributed by atoms with Gasteiger partial charge in [-0.1, -0.05) is 25.1 Å². The van der Waals surface area contributed by atoms with Crippen LogP contribution in [0.1, 0.15) is 30.9 Å². The summed E-state index contributed by atoms with van der Waals surface area (Å²) in [7, 11) is 0. The maximum Gasteiger partial charge on any atom is 0.278 e. The van der Waals surface area contributed by atoms with Crippen LogP contribution in [-0.4, -0.2) is 39.7 Å². The van der Waals surface area contributed by atoms with Gasteiger partial charge in [-0.3, -0.25) is 19.5 Å². The number of aromatic nitrogens is 1. The van der Waals surface area contributed by atoms with Crippen molar-refractivity contribution in [2.75, 3.05) is 13.1 Å². The molecule has 1 fully saturated rings. The fourth-order valence-corrected chi connectivity index (χ4v) is 3.94. The fourth-order valence-electron chi connectivity index (χ4n) is 3.94. The molecule has 0 radical (unpaired) electrons. The Kier molecular flexibility index (Phi) is 4.94. The van der Waals surface area contributed by atoms with Crippen LogP contribution in [0.3, 0.4) is 0 Å². The maximum atomic E-state index is 13.4. The average molecular weight is 379 g/mol. The van der Waals surface area contributed by atoms with Gasteiger partial charge in [-0.25, -0.2) is 4.39 Å². The largest absolute Gasteiger partial charge is 0.366 e.